The van der Waals surface area contributed by atoms with Gasteiger partial charge in [-0.1, -0.05) is 11.6 Å². The monoisotopic (exact) mass is 224 g/mol. The van der Waals surface area contributed by atoms with Crippen molar-refractivity contribution in [1.29, 1.82) is 0 Å². The van der Waals surface area contributed by atoms with Crippen LogP contribution in [0.2, 0.25) is 5.02 Å². The third-order valence-corrected chi connectivity index (χ3v) is 2.89. The van der Waals surface area contributed by atoms with E-state index < -0.39 is 0 Å². The molecular weight excluding hydrogens is 216 g/mol. The van der Waals surface area contributed by atoms with Crippen LogP contribution in [0.15, 0.2) is 23.0 Å². The van der Waals surface area contributed by atoms with E-state index in [9.17, 15) is 4.79 Å². The molecule has 0 spiro atoms. The lowest BCUT2D eigenvalue weighted by atomic mass is 10.2. The minimum atomic E-state index is -0.0126. The lowest BCUT2D eigenvalue weighted by molar-refractivity contribution is 0.0156. The third kappa shape index (κ3) is 1.22. The van der Waals surface area contributed by atoms with Crippen molar-refractivity contribution in [2.45, 2.75) is 13.3 Å². The van der Waals surface area contributed by atoms with Crippen molar-refractivity contribution in [3.05, 3.63) is 33.6 Å². The minimum Gasteiger partial charge on any atom is -0.357 e. The molecule has 5 heteroatoms. The van der Waals surface area contributed by atoms with E-state index in [1.54, 1.807) is 16.8 Å². The fourth-order valence-corrected chi connectivity index (χ4v) is 2.12. The first-order chi connectivity index (χ1) is 7.27. The summed E-state index contributed by atoms with van der Waals surface area (Å²) in [6.07, 6.45) is 0. The van der Waals surface area contributed by atoms with E-state index in [1.807, 2.05) is 10.7 Å². The molecule has 2 aromatic rings. The maximum Gasteiger partial charge on any atom is 0.276 e. The molecule has 0 bridgehead atoms. The van der Waals surface area contributed by atoms with Gasteiger partial charge in [-0.2, -0.15) is 0 Å². The zero-order valence-corrected chi connectivity index (χ0v) is 8.70. The van der Waals surface area contributed by atoms with Crippen LogP contribution in [0.25, 0.3) is 10.9 Å². The van der Waals surface area contributed by atoms with Gasteiger partial charge in [-0.05, 0) is 18.2 Å². The maximum absolute atomic E-state index is 11.9. The van der Waals surface area contributed by atoms with Crippen LogP contribution in [-0.2, 0) is 18.0 Å². The van der Waals surface area contributed by atoms with Crippen LogP contribution < -0.4 is 5.56 Å². The van der Waals surface area contributed by atoms with E-state index in [1.165, 1.54) is 0 Å². The largest absolute Gasteiger partial charge is 0.357 e. The Kier molecular flexibility index (Phi) is 1.87. The van der Waals surface area contributed by atoms with Crippen LogP contribution in [0.1, 0.15) is 0 Å². The van der Waals surface area contributed by atoms with Crippen LogP contribution in [0.5, 0.6) is 0 Å². The number of halogens is 1. The second-order valence-electron chi connectivity index (χ2n) is 3.53. The summed E-state index contributed by atoms with van der Waals surface area (Å²) in [5.41, 5.74) is 0.872. The van der Waals surface area contributed by atoms with E-state index in [4.69, 9.17) is 16.3 Å². The number of aromatic nitrogens is 2. The van der Waals surface area contributed by atoms with E-state index in [-0.39, 0.29) is 5.56 Å². The first kappa shape index (κ1) is 9.00. The van der Waals surface area contributed by atoms with Gasteiger partial charge in [-0.15, -0.1) is 0 Å². The molecule has 0 saturated carbocycles. The summed E-state index contributed by atoms with van der Waals surface area (Å²) in [6.45, 7) is 1.65. The van der Waals surface area contributed by atoms with E-state index in [0.717, 1.165) is 5.52 Å². The average molecular weight is 225 g/mol. The molecule has 78 valence electrons. The minimum absolute atomic E-state index is 0.0126. The zero-order valence-electron chi connectivity index (χ0n) is 7.94. The van der Waals surface area contributed by atoms with Gasteiger partial charge in [0.2, 0.25) is 0 Å². The normalized spacial score (nSPS) is 15.5. The summed E-state index contributed by atoms with van der Waals surface area (Å²) < 4.78 is 8.77. The Balaban J connectivity index is 2.44. The summed E-state index contributed by atoms with van der Waals surface area (Å²) >= 11 is 5.91. The first-order valence-corrected chi connectivity index (χ1v) is 5.12. The Hall–Kier alpha value is -1.26. The van der Waals surface area contributed by atoms with Gasteiger partial charge in [0.05, 0.1) is 24.1 Å². The van der Waals surface area contributed by atoms with Gasteiger partial charge in [-0.3, -0.25) is 9.48 Å². The number of nitrogens with zero attached hydrogens (tertiary/aromatic N) is 2. The smallest absolute Gasteiger partial charge is 0.276 e. The van der Waals surface area contributed by atoms with Crippen molar-refractivity contribution in [2.24, 2.45) is 0 Å². The summed E-state index contributed by atoms with van der Waals surface area (Å²) in [7, 11) is 0. The van der Waals surface area contributed by atoms with Crippen molar-refractivity contribution in [1.82, 2.24) is 9.36 Å². The zero-order chi connectivity index (χ0) is 10.4. The summed E-state index contributed by atoms with van der Waals surface area (Å²) in [6, 6.07) is 5.32. The highest BCUT2D eigenvalue weighted by Gasteiger charge is 2.16. The molecule has 1 aromatic carbocycles. The lowest BCUT2D eigenvalue weighted by Gasteiger charge is -2.18. The molecule has 0 fully saturated rings. The van der Waals surface area contributed by atoms with Crippen molar-refractivity contribution >= 4 is 22.5 Å². The molecule has 1 aromatic heterocycles. The Morgan fingerprint density at radius 2 is 2.20 bits per heavy atom. The maximum atomic E-state index is 11.9. The first-order valence-electron chi connectivity index (χ1n) is 4.74. The van der Waals surface area contributed by atoms with Crippen molar-refractivity contribution in [2.75, 3.05) is 6.61 Å². The SMILES string of the molecule is O=c1c2ccc(Cl)cc2n2n1COCC2. The summed E-state index contributed by atoms with van der Waals surface area (Å²) in [4.78, 5) is 11.9. The van der Waals surface area contributed by atoms with Crippen molar-refractivity contribution < 1.29 is 4.74 Å². The van der Waals surface area contributed by atoms with E-state index in [0.29, 0.717) is 30.3 Å². The van der Waals surface area contributed by atoms with Crippen LogP contribution in [0.4, 0.5) is 0 Å². The topological polar surface area (TPSA) is 36.2 Å². The summed E-state index contributed by atoms with van der Waals surface area (Å²) in [5, 5.41) is 1.35. The fraction of sp³-hybridized carbons (Fsp3) is 0.300. The quantitative estimate of drug-likeness (QED) is 0.679. The highest BCUT2D eigenvalue weighted by atomic mass is 35.5. The Labute approximate surface area is 90.6 Å². The molecule has 0 unspecified atom stereocenters. The Bertz CT molecular complexity index is 585. The third-order valence-electron chi connectivity index (χ3n) is 2.66. The summed E-state index contributed by atoms with van der Waals surface area (Å²) in [5.74, 6) is 0. The molecule has 4 nitrogen and oxygen atoms in total. The predicted molar refractivity (Wildman–Crippen MR) is 57.2 cm³/mol. The lowest BCUT2D eigenvalue weighted by Crippen LogP contribution is -2.30. The highest BCUT2D eigenvalue weighted by molar-refractivity contribution is 6.31. The van der Waals surface area contributed by atoms with Crippen molar-refractivity contribution in [3.63, 3.8) is 0 Å². The molecule has 0 radical (unpaired) electrons. The molecule has 0 N–H and O–H groups in total. The van der Waals surface area contributed by atoms with Gasteiger partial charge in [0.25, 0.3) is 5.56 Å². The van der Waals surface area contributed by atoms with Gasteiger partial charge in [0, 0.05) is 5.02 Å². The molecule has 0 amide bonds. The molecule has 1 aliphatic heterocycles. The van der Waals surface area contributed by atoms with E-state index >= 15 is 0 Å². The predicted octanol–water partition coefficient (Wildman–Crippen LogP) is 1.44. The van der Waals surface area contributed by atoms with E-state index in [2.05, 4.69) is 0 Å². The molecule has 0 aliphatic carbocycles. The van der Waals surface area contributed by atoms with Crippen LogP contribution in [0.3, 0.4) is 0 Å². The average Bonchev–Trinajstić information content (AvgIpc) is 2.54. The van der Waals surface area contributed by atoms with Crippen molar-refractivity contribution in [3.8, 4) is 0 Å². The second-order valence-corrected chi connectivity index (χ2v) is 3.96. The van der Waals surface area contributed by atoms with Gasteiger partial charge in [-0.25, -0.2) is 4.68 Å². The van der Waals surface area contributed by atoms with Gasteiger partial charge in [0.15, 0.2) is 0 Å². The Morgan fingerprint density at radius 3 is 3.07 bits per heavy atom. The molecular formula is C10H9ClN2O2. The number of hydrogen-bond acceptors (Lipinski definition) is 2. The number of rotatable bonds is 0. The molecule has 3 rings (SSSR count). The van der Waals surface area contributed by atoms with Crippen LogP contribution in [-0.4, -0.2) is 16.0 Å². The van der Waals surface area contributed by atoms with Gasteiger partial charge >= 0.3 is 0 Å². The molecule has 0 saturated heterocycles. The van der Waals surface area contributed by atoms with Crippen LogP contribution in [0, 0.1) is 0 Å². The standard InChI is InChI=1S/C10H9ClN2O2/c11-7-1-2-8-9(5-7)12-3-4-15-6-13(12)10(8)14/h1-2,5H,3-4,6H2. The number of fused-ring (bicyclic) bond motifs is 3. The molecule has 1 aliphatic rings. The number of hydrogen-bond donors (Lipinski definition) is 0. The van der Waals surface area contributed by atoms with Gasteiger partial charge in [0.1, 0.15) is 6.73 Å². The van der Waals surface area contributed by atoms with Gasteiger partial charge < -0.3 is 4.74 Å². The fourth-order valence-electron chi connectivity index (χ4n) is 1.95. The number of benzene rings is 1. The molecule has 2 heterocycles. The molecule has 0 atom stereocenters. The second kappa shape index (κ2) is 3.12. The highest BCUT2D eigenvalue weighted by Crippen LogP contribution is 2.18. The van der Waals surface area contributed by atoms with Crippen LogP contribution >= 0.6 is 11.6 Å². The Morgan fingerprint density at radius 1 is 1.33 bits per heavy atom. The molecule has 15 heavy (non-hydrogen) atoms. The number of ether oxygens (including phenoxy) is 1.